The molecule has 1 saturated carbocycles. The maximum atomic E-state index is 9.99. The zero-order chi connectivity index (χ0) is 10.6. The van der Waals surface area contributed by atoms with Crippen molar-refractivity contribution in [3.8, 4) is 0 Å². The number of ether oxygens (including phenoxy) is 1. The van der Waals surface area contributed by atoms with Crippen molar-refractivity contribution in [2.75, 3.05) is 7.11 Å². The summed E-state index contributed by atoms with van der Waals surface area (Å²) in [7, 11) is 1.77. The first-order valence-electron chi connectivity index (χ1n) is 5.89. The van der Waals surface area contributed by atoms with Crippen LogP contribution in [0.3, 0.4) is 0 Å². The monoisotopic (exact) mass is 200 g/mol. The van der Waals surface area contributed by atoms with E-state index in [1.807, 2.05) is 0 Å². The molecule has 0 aliphatic heterocycles. The summed E-state index contributed by atoms with van der Waals surface area (Å²) in [6.07, 6.45) is 5.72. The van der Waals surface area contributed by atoms with Crippen LogP contribution >= 0.6 is 0 Å². The summed E-state index contributed by atoms with van der Waals surface area (Å²) < 4.78 is 5.48. The van der Waals surface area contributed by atoms with Crippen LogP contribution in [0, 0.1) is 11.8 Å². The van der Waals surface area contributed by atoms with Gasteiger partial charge in [-0.1, -0.05) is 26.7 Å². The Labute approximate surface area is 87.7 Å². The van der Waals surface area contributed by atoms with E-state index < -0.39 is 0 Å². The summed E-state index contributed by atoms with van der Waals surface area (Å²) in [4.78, 5) is 0. The van der Waals surface area contributed by atoms with Gasteiger partial charge >= 0.3 is 0 Å². The fraction of sp³-hybridized carbons (Fsp3) is 1.00. The maximum Gasteiger partial charge on any atom is 0.0626 e. The predicted octanol–water partition coefficient (Wildman–Crippen LogP) is 2.60. The van der Waals surface area contributed by atoms with Gasteiger partial charge in [-0.15, -0.1) is 0 Å². The first kappa shape index (κ1) is 12.0. The van der Waals surface area contributed by atoms with E-state index in [1.54, 1.807) is 7.11 Å². The lowest BCUT2D eigenvalue weighted by molar-refractivity contribution is -0.0654. The molecule has 0 aromatic carbocycles. The normalized spacial score (nSPS) is 38.6. The molecule has 0 bridgehead atoms. The highest BCUT2D eigenvalue weighted by atomic mass is 16.5. The zero-order valence-electron chi connectivity index (χ0n) is 9.70. The van der Waals surface area contributed by atoms with Crippen LogP contribution < -0.4 is 0 Å². The van der Waals surface area contributed by atoms with Gasteiger partial charge in [-0.3, -0.25) is 0 Å². The number of aliphatic hydroxyl groups is 1. The lowest BCUT2D eigenvalue weighted by Crippen LogP contribution is -2.40. The Bertz CT molecular complexity index is 158. The third-order valence-corrected chi connectivity index (χ3v) is 3.44. The van der Waals surface area contributed by atoms with Crippen LogP contribution in [0.25, 0.3) is 0 Å². The van der Waals surface area contributed by atoms with E-state index >= 15 is 0 Å². The van der Waals surface area contributed by atoms with Gasteiger partial charge in [0.15, 0.2) is 0 Å². The third-order valence-electron chi connectivity index (χ3n) is 3.44. The summed E-state index contributed by atoms with van der Waals surface area (Å²) >= 11 is 0. The minimum atomic E-state index is -0.143. The molecule has 2 nitrogen and oxygen atoms in total. The van der Waals surface area contributed by atoms with Gasteiger partial charge in [-0.05, 0) is 25.2 Å². The first-order chi connectivity index (χ1) is 6.69. The van der Waals surface area contributed by atoms with Crippen molar-refractivity contribution in [1.29, 1.82) is 0 Å². The molecule has 0 aromatic heterocycles. The second kappa shape index (κ2) is 5.72. The Hall–Kier alpha value is -0.0800. The SMILES string of the molecule is CCCCC1C(O)CC(C)CC1OC. The highest BCUT2D eigenvalue weighted by Gasteiger charge is 2.34. The zero-order valence-corrected chi connectivity index (χ0v) is 9.70. The van der Waals surface area contributed by atoms with Crippen molar-refractivity contribution in [3.05, 3.63) is 0 Å². The van der Waals surface area contributed by atoms with Crippen molar-refractivity contribution in [2.24, 2.45) is 11.8 Å². The summed E-state index contributed by atoms with van der Waals surface area (Å²) in [5.41, 5.74) is 0. The largest absolute Gasteiger partial charge is 0.393 e. The number of hydrogen-bond donors (Lipinski definition) is 1. The molecule has 1 aliphatic carbocycles. The minimum Gasteiger partial charge on any atom is -0.393 e. The molecular formula is C12H24O2. The molecule has 1 aliphatic rings. The van der Waals surface area contributed by atoms with Crippen LogP contribution in [-0.4, -0.2) is 24.4 Å². The topological polar surface area (TPSA) is 29.5 Å². The van der Waals surface area contributed by atoms with Crippen molar-refractivity contribution in [3.63, 3.8) is 0 Å². The molecule has 1 fully saturated rings. The fourth-order valence-electron chi connectivity index (χ4n) is 2.59. The van der Waals surface area contributed by atoms with Crippen molar-refractivity contribution < 1.29 is 9.84 Å². The Balaban J connectivity index is 2.49. The minimum absolute atomic E-state index is 0.143. The number of aliphatic hydroxyl groups excluding tert-OH is 1. The van der Waals surface area contributed by atoms with E-state index in [-0.39, 0.29) is 12.2 Å². The molecule has 14 heavy (non-hydrogen) atoms. The highest BCUT2D eigenvalue weighted by Crippen LogP contribution is 2.33. The molecule has 2 heteroatoms. The Morgan fingerprint density at radius 2 is 2.07 bits per heavy atom. The van der Waals surface area contributed by atoms with E-state index in [1.165, 1.54) is 12.8 Å². The molecule has 0 heterocycles. The molecule has 0 radical (unpaired) electrons. The van der Waals surface area contributed by atoms with E-state index in [4.69, 9.17) is 4.74 Å². The van der Waals surface area contributed by atoms with E-state index in [0.29, 0.717) is 11.8 Å². The molecule has 0 amide bonds. The molecule has 84 valence electrons. The molecular weight excluding hydrogens is 176 g/mol. The lowest BCUT2D eigenvalue weighted by atomic mass is 9.76. The highest BCUT2D eigenvalue weighted by molar-refractivity contribution is 4.85. The Morgan fingerprint density at radius 3 is 2.64 bits per heavy atom. The van der Waals surface area contributed by atoms with Crippen LogP contribution in [0.5, 0.6) is 0 Å². The smallest absolute Gasteiger partial charge is 0.0626 e. The van der Waals surface area contributed by atoms with Crippen LogP contribution in [0.2, 0.25) is 0 Å². The molecule has 4 unspecified atom stereocenters. The third kappa shape index (κ3) is 2.96. The maximum absolute atomic E-state index is 9.99. The Kier molecular flexibility index (Phi) is 4.90. The van der Waals surface area contributed by atoms with Gasteiger partial charge in [0.05, 0.1) is 12.2 Å². The van der Waals surface area contributed by atoms with Gasteiger partial charge in [0.1, 0.15) is 0 Å². The van der Waals surface area contributed by atoms with Gasteiger partial charge < -0.3 is 9.84 Å². The standard InChI is InChI=1S/C12H24O2/c1-4-5-6-10-11(13)7-9(2)8-12(10)14-3/h9-13H,4-8H2,1-3H3. The van der Waals surface area contributed by atoms with Crippen LogP contribution in [0.4, 0.5) is 0 Å². The van der Waals surface area contributed by atoms with Gasteiger partial charge in [0.25, 0.3) is 0 Å². The molecule has 0 aromatic rings. The summed E-state index contributed by atoms with van der Waals surface area (Å²) in [6.45, 7) is 4.39. The predicted molar refractivity (Wildman–Crippen MR) is 58.2 cm³/mol. The average Bonchev–Trinajstić information content (AvgIpc) is 2.15. The van der Waals surface area contributed by atoms with E-state index in [0.717, 1.165) is 19.3 Å². The van der Waals surface area contributed by atoms with E-state index in [9.17, 15) is 5.11 Å². The van der Waals surface area contributed by atoms with Crippen molar-refractivity contribution in [2.45, 2.75) is 58.2 Å². The quantitative estimate of drug-likeness (QED) is 0.756. The summed E-state index contributed by atoms with van der Waals surface area (Å²) in [6, 6.07) is 0. The fourth-order valence-corrected chi connectivity index (χ4v) is 2.59. The lowest BCUT2D eigenvalue weighted by Gasteiger charge is -2.37. The molecule has 0 saturated heterocycles. The van der Waals surface area contributed by atoms with E-state index in [2.05, 4.69) is 13.8 Å². The van der Waals surface area contributed by atoms with Gasteiger partial charge in [0.2, 0.25) is 0 Å². The molecule has 0 spiro atoms. The van der Waals surface area contributed by atoms with Gasteiger partial charge in [-0.25, -0.2) is 0 Å². The summed E-state index contributed by atoms with van der Waals surface area (Å²) in [5.74, 6) is 0.976. The molecule has 1 rings (SSSR count). The first-order valence-corrected chi connectivity index (χ1v) is 5.89. The van der Waals surface area contributed by atoms with Gasteiger partial charge in [0, 0.05) is 13.0 Å². The molecule has 1 N–H and O–H groups in total. The molecule has 4 atom stereocenters. The summed E-state index contributed by atoms with van der Waals surface area (Å²) in [5, 5.41) is 9.99. The Morgan fingerprint density at radius 1 is 1.36 bits per heavy atom. The van der Waals surface area contributed by atoms with Crippen LogP contribution in [-0.2, 0) is 4.74 Å². The van der Waals surface area contributed by atoms with Crippen LogP contribution in [0.1, 0.15) is 46.0 Å². The average molecular weight is 200 g/mol. The van der Waals surface area contributed by atoms with Crippen molar-refractivity contribution >= 4 is 0 Å². The number of hydrogen-bond acceptors (Lipinski definition) is 2. The second-order valence-electron chi connectivity index (χ2n) is 4.72. The number of methoxy groups -OCH3 is 1. The van der Waals surface area contributed by atoms with Crippen LogP contribution in [0.15, 0.2) is 0 Å². The number of unbranched alkanes of at least 4 members (excludes halogenated alkanes) is 1. The number of rotatable bonds is 4. The second-order valence-corrected chi connectivity index (χ2v) is 4.72. The van der Waals surface area contributed by atoms with Gasteiger partial charge in [-0.2, -0.15) is 0 Å². The van der Waals surface area contributed by atoms with Crippen molar-refractivity contribution in [1.82, 2.24) is 0 Å².